The van der Waals surface area contributed by atoms with E-state index in [0.717, 1.165) is 11.4 Å². The summed E-state index contributed by atoms with van der Waals surface area (Å²) in [5, 5.41) is 8.84. The Balaban J connectivity index is 2.19. The SMILES string of the molecule is Cc1nc(C(C)(C)C)sc1C(C)Nc1cnn(C)c1. The molecule has 2 rings (SSSR count). The molecule has 2 heterocycles. The summed E-state index contributed by atoms with van der Waals surface area (Å²) in [7, 11) is 1.92. The van der Waals surface area contributed by atoms with Crippen molar-refractivity contribution < 1.29 is 0 Å². The molecule has 104 valence electrons. The van der Waals surface area contributed by atoms with Gasteiger partial charge in [-0.05, 0) is 13.8 Å². The number of nitrogens with zero attached hydrogens (tertiary/aromatic N) is 3. The molecule has 0 amide bonds. The van der Waals surface area contributed by atoms with Crippen molar-refractivity contribution in [1.82, 2.24) is 14.8 Å². The molecule has 0 spiro atoms. The summed E-state index contributed by atoms with van der Waals surface area (Å²) >= 11 is 1.80. The summed E-state index contributed by atoms with van der Waals surface area (Å²) in [5.74, 6) is 0. The van der Waals surface area contributed by atoms with Gasteiger partial charge in [-0.1, -0.05) is 20.8 Å². The largest absolute Gasteiger partial charge is 0.375 e. The van der Waals surface area contributed by atoms with Gasteiger partial charge < -0.3 is 5.32 Å². The molecule has 5 heteroatoms. The van der Waals surface area contributed by atoms with Crippen LogP contribution in [0.25, 0.3) is 0 Å². The predicted molar refractivity (Wildman–Crippen MR) is 80.8 cm³/mol. The van der Waals surface area contributed by atoms with E-state index in [1.165, 1.54) is 9.88 Å². The maximum absolute atomic E-state index is 4.71. The lowest BCUT2D eigenvalue weighted by Gasteiger charge is -2.14. The number of rotatable bonds is 3. The Morgan fingerprint density at radius 1 is 1.37 bits per heavy atom. The van der Waals surface area contributed by atoms with Crippen LogP contribution in [0.5, 0.6) is 0 Å². The Morgan fingerprint density at radius 3 is 2.53 bits per heavy atom. The minimum atomic E-state index is 0.113. The molecule has 0 bridgehead atoms. The monoisotopic (exact) mass is 278 g/mol. The van der Waals surface area contributed by atoms with E-state index in [1.807, 2.05) is 19.4 Å². The van der Waals surface area contributed by atoms with Crippen LogP contribution in [0.2, 0.25) is 0 Å². The molecule has 1 unspecified atom stereocenters. The molecule has 0 radical (unpaired) electrons. The first-order valence-electron chi connectivity index (χ1n) is 6.50. The van der Waals surface area contributed by atoms with Crippen molar-refractivity contribution >= 4 is 17.0 Å². The molecule has 0 aliphatic carbocycles. The maximum atomic E-state index is 4.71. The molecule has 0 fully saturated rings. The van der Waals surface area contributed by atoms with Crippen molar-refractivity contribution in [3.63, 3.8) is 0 Å². The van der Waals surface area contributed by atoms with Crippen LogP contribution in [-0.4, -0.2) is 14.8 Å². The Morgan fingerprint density at radius 2 is 2.05 bits per heavy atom. The average Bonchev–Trinajstić information content (AvgIpc) is 2.84. The Bertz CT molecular complexity index is 562. The van der Waals surface area contributed by atoms with Crippen LogP contribution in [0.1, 0.15) is 49.3 Å². The van der Waals surface area contributed by atoms with Gasteiger partial charge in [0.2, 0.25) is 0 Å². The van der Waals surface area contributed by atoms with Crippen LogP contribution in [-0.2, 0) is 12.5 Å². The van der Waals surface area contributed by atoms with Crippen LogP contribution >= 0.6 is 11.3 Å². The summed E-state index contributed by atoms with van der Waals surface area (Å²) in [6, 6.07) is 0.248. The van der Waals surface area contributed by atoms with Crippen LogP contribution in [0, 0.1) is 6.92 Å². The fraction of sp³-hybridized carbons (Fsp3) is 0.571. The Hall–Kier alpha value is -1.36. The van der Waals surface area contributed by atoms with Gasteiger partial charge in [0.25, 0.3) is 0 Å². The van der Waals surface area contributed by atoms with Crippen molar-refractivity contribution in [3.8, 4) is 0 Å². The molecule has 19 heavy (non-hydrogen) atoms. The zero-order chi connectivity index (χ0) is 14.2. The summed E-state index contributed by atoms with van der Waals surface area (Å²) in [5.41, 5.74) is 2.28. The van der Waals surface area contributed by atoms with E-state index in [0.29, 0.717) is 0 Å². The minimum Gasteiger partial charge on any atom is -0.375 e. The molecule has 1 N–H and O–H groups in total. The van der Waals surface area contributed by atoms with Crippen LogP contribution < -0.4 is 5.32 Å². The topological polar surface area (TPSA) is 42.7 Å². The number of aryl methyl sites for hydroxylation is 2. The molecule has 2 aromatic rings. The quantitative estimate of drug-likeness (QED) is 0.931. The molecule has 0 aliphatic heterocycles. The fourth-order valence-electron chi connectivity index (χ4n) is 1.94. The third kappa shape index (κ3) is 3.15. The van der Waals surface area contributed by atoms with Crippen molar-refractivity contribution in [3.05, 3.63) is 28.0 Å². The second-order valence-electron chi connectivity index (χ2n) is 5.99. The van der Waals surface area contributed by atoms with Gasteiger partial charge in [-0.3, -0.25) is 4.68 Å². The summed E-state index contributed by atoms with van der Waals surface area (Å²) in [4.78, 5) is 6.01. The van der Waals surface area contributed by atoms with Crippen molar-refractivity contribution in [2.24, 2.45) is 7.05 Å². The smallest absolute Gasteiger partial charge is 0.0985 e. The minimum absolute atomic E-state index is 0.113. The van der Waals surface area contributed by atoms with E-state index in [4.69, 9.17) is 4.98 Å². The average molecular weight is 278 g/mol. The molecular formula is C14H22N4S. The summed E-state index contributed by atoms with van der Waals surface area (Å²) in [6.07, 6.45) is 3.83. The Kier molecular flexibility index (Phi) is 3.67. The number of hydrogen-bond donors (Lipinski definition) is 1. The second-order valence-corrected chi connectivity index (χ2v) is 7.02. The van der Waals surface area contributed by atoms with Gasteiger partial charge in [-0.25, -0.2) is 4.98 Å². The van der Waals surface area contributed by atoms with Crippen molar-refractivity contribution in [1.29, 1.82) is 0 Å². The number of anilines is 1. The number of nitrogens with one attached hydrogen (secondary N) is 1. The predicted octanol–water partition coefficient (Wildman–Crippen LogP) is 3.66. The summed E-state index contributed by atoms with van der Waals surface area (Å²) in [6.45, 7) is 10.9. The zero-order valence-electron chi connectivity index (χ0n) is 12.5. The highest BCUT2D eigenvalue weighted by Gasteiger charge is 2.22. The molecular weight excluding hydrogens is 256 g/mol. The third-order valence-electron chi connectivity index (χ3n) is 2.96. The maximum Gasteiger partial charge on any atom is 0.0985 e. The fourth-order valence-corrected chi connectivity index (χ4v) is 3.07. The Labute approximate surface area is 118 Å². The zero-order valence-corrected chi connectivity index (χ0v) is 13.3. The number of aromatic nitrogens is 3. The first kappa shape index (κ1) is 14.1. The van der Waals surface area contributed by atoms with Crippen molar-refractivity contribution in [2.75, 3.05) is 5.32 Å². The lowest BCUT2D eigenvalue weighted by atomic mass is 9.98. The highest BCUT2D eigenvalue weighted by Crippen LogP contribution is 2.33. The standard InChI is InChI=1S/C14H22N4S/c1-9(16-11-7-15-18(6)8-11)12-10(2)17-13(19-12)14(3,4)5/h7-9,16H,1-6H3. The van der Waals surface area contributed by atoms with Crippen LogP contribution in [0.4, 0.5) is 5.69 Å². The second kappa shape index (κ2) is 4.96. The molecule has 0 aliphatic rings. The highest BCUT2D eigenvalue weighted by molar-refractivity contribution is 7.12. The number of thiazole rings is 1. The lowest BCUT2D eigenvalue weighted by molar-refractivity contribution is 0.584. The first-order valence-corrected chi connectivity index (χ1v) is 7.32. The molecule has 0 saturated carbocycles. The van der Waals surface area contributed by atoms with Gasteiger partial charge in [0.1, 0.15) is 0 Å². The molecule has 0 saturated heterocycles. The van der Waals surface area contributed by atoms with Crippen LogP contribution in [0.15, 0.2) is 12.4 Å². The first-order chi connectivity index (χ1) is 8.77. The molecule has 4 nitrogen and oxygen atoms in total. The van der Waals surface area contributed by atoms with Gasteiger partial charge in [0.05, 0.1) is 28.6 Å². The lowest BCUT2D eigenvalue weighted by Crippen LogP contribution is -2.10. The highest BCUT2D eigenvalue weighted by atomic mass is 32.1. The van der Waals surface area contributed by atoms with E-state index < -0.39 is 0 Å². The normalized spacial score (nSPS) is 13.6. The van der Waals surface area contributed by atoms with E-state index in [2.05, 4.69) is 45.0 Å². The van der Waals surface area contributed by atoms with E-state index in [1.54, 1.807) is 16.0 Å². The van der Waals surface area contributed by atoms with Gasteiger partial charge in [0.15, 0.2) is 0 Å². The van der Waals surface area contributed by atoms with E-state index >= 15 is 0 Å². The van der Waals surface area contributed by atoms with Gasteiger partial charge >= 0.3 is 0 Å². The van der Waals surface area contributed by atoms with Crippen molar-refractivity contribution in [2.45, 2.75) is 46.1 Å². The van der Waals surface area contributed by atoms with Gasteiger partial charge in [-0.2, -0.15) is 5.10 Å². The summed E-state index contributed by atoms with van der Waals surface area (Å²) < 4.78 is 1.80. The van der Waals surface area contributed by atoms with E-state index in [-0.39, 0.29) is 11.5 Å². The van der Waals surface area contributed by atoms with Gasteiger partial charge in [0, 0.05) is 23.5 Å². The number of hydrogen-bond acceptors (Lipinski definition) is 4. The van der Waals surface area contributed by atoms with Crippen LogP contribution in [0.3, 0.4) is 0 Å². The molecule has 2 aromatic heterocycles. The van der Waals surface area contributed by atoms with Gasteiger partial charge in [-0.15, -0.1) is 11.3 Å². The molecule has 0 aromatic carbocycles. The van der Waals surface area contributed by atoms with E-state index in [9.17, 15) is 0 Å². The molecule has 1 atom stereocenters. The third-order valence-corrected chi connectivity index (χ3v) is 4.72.